The maximum atomic E-state index is 14.1. The molecular formula is C66H72CaF2N4O10. The van der Waals surface area contributed by atoms with Gasteiger partial charge in [0.05, 0.1) is 36.3 Å². The van der Waals surface area contributed by atoms with Crippen LogP contribution in [-0.2, 0) is 19.2 Å². The molecule has 0 radical (unpaired) electrons. The van der Waals surface area contributed by atoms with Gasteiger partial charge >= 0.3 is 37.7 Å². The number of nitrogens with one attached hydrogen (secondary N) is 2. The van der Waals surface area contributed by atoms with E-state index in [0.29, 0.717) is 24.5 Å². The first-order chi connectivity index (χ1) is 39.3. The second-order valence-corrected chi connectivity index (χ2v) is 21.6. The summed E-state index contributed by atoms with van der Waals surface area (Å²) in [7, 11) is 0. The summed E-state index contributed by atoms with van der Waals surface area (Å²) in [5, 5.41) is 69.4. The average molecular weight is 1160 g/mol. The number of carboxylic acids is 2. The molecule has 2 aliphatic heterocycles. The number of para-hydroxylation sites is 2. The Labute approximate surface area is 514 Å². The smallest absolute Gasteiger partial charge is 0.550 e. The zero-order chi connectivity index (χ0) is 59.0. The Morgan fingerprint density at radius 3 is 1.05 bits per heavy atom. The monoisotopic (exact) mass is 1160 g/mol. The number of benzene rings is 6. The molecule has 0 fully saturated rings. The number of hydrogen-bond donors (Lipinski definition) is 6. The van der Waals surface area contributed by atoms with Crippen LogP contribution in [-0.4, -0.2) is 141 Å². The minimum Gasteiger partial charge on any atom is -0.550 e. The molecule has 14 nitrogen and oxygen atoms in total. The molecule has 0 aliphatic carbocycles. The van der Waals surface area contributed by atoms with Gasteiger partial charge in [0.1, 0.15) is 11.6 Å². The molecule has 0 bridgehead atoms. The Balaban J connectivity index is 0.000000263. The van der Waals surface area contributed by atoms with Gasteiger partial charge < -0.3 is 60.7 Å². The third kappa shape index (κ3) is 17.6. The van der Waals surface area contributed by atoms with Gasteiger partial charge in [0.15, 0.2) is 0 Å². The van der Waals surface area contributed by atoms with Gasteiger partial charge in [0.2, 0.25) is 11.8 Å². The van der Waals surface area contributed by atoms with E-state index in [1.807, 2.05) is 149 Å². The molecule has 6 aromatic rings. The molecule has 83 heavy (non-hydrogen) atoms. The van der Waals surface area contributed by atoms with Crippen LogP contribution in [0, 0.1) is 35.3 Å². The second kappa shape index (κ2) is 31.2. The van der Waals surface area contributed by atoms with Gasteiger partial charge in [-0.1, -0.05) is 125 Å². The van der Waals surface area contributed by atoms with Crippen molar-refractivity contribution in [2.45, 2.75) is 103 Å². The van der Waals surface area contributed by atoms with Crippen LogP contribution in [0.3, 0.4) is 0 Å². The summed E-state index contributed by atoms with van der Waals surface area (Å²) in [4.78, 5) is 54.1. The van der Waals surface area contributed by atoms with E-state index in [-0.39, 0.29) is 111 Å². The van der Waals surface area contributed by atoms with Crippen LogP contribution in [0.15, 0.2) is 170 Å². The van der Waals surface area contributed by atoms with Gasteiger partial charge in [0, 0.05) is 72.7 Å². The number of nitrogens with zero attached hydrogens (tertiary/aromatic N) is 2. The Morgan fingerprint density at radius 1 is 0.458 bits per heavy atom. The first kappa shape index (κ1) is 65.4. The summed E-state index contributed by atoms with van der Waals surface area (Å²) in [5.74, 6) is -5.08. The average Bonchev–Trinajstić information content (AvgIpc) is 3.14. The summed E-state index contributed by atoms with van der Waals surface area (Å²) in [5.41, 5.74) is 7.67. The minimum absolute atomic E-state index is 0. The van der Waals surface area contributed by atoms with Crippen LogP contribution >= 0.6 is 0 Å². The number of rotatable bonds is 24. The fraction of sp³-hybridized carbons (Fsp3) is 0.333. The van der Waals surface area contributed by atoms with Crippen molar-refractivity contribution in [3.63, 3.8) is 0 Å². The molecule has 0 aromatic heterocycles. The van der Waals surface area contributed by atoms with E-state index in [0.717, 1.165) is 44.8 Å². The maximum absolute atomic E-state index is 14.1. The van der Waals surface area contributed by atoms with Crippen molar-refractivity contribution in [1.82, 2.24) is 9.80 Å². The molecule has 6 aromatic carbocycles. The molecule has 0 saturated carbocycles. The predicted octanol–water partition coefficient (Wildman–Crippen LogP) is 7.48. The molecule has 2 heterocycles. The van der Waals surface area contributed by atoms with Crippen LogP contribution in [0.25, 0.3) is 22.5 Å². The Morgan fingerprint density at radius 2 is 0.759 bits per heavy atom. The van der Waals surface area contributed by atoms with Crippen LogP contribution < -0.4 is 20.8 Å². The van der Waals surface area contributed by atoms with Crippen molar-refractivity contribution in [3.8, 4) is 0 Å². The van der Waals surface area contributed by atoms with Crippen LogP contribution in [0.2, 0.25) is 0 Å². The Kier molecular flexibility index (Phi) is 24.6. The third-order valence-corrected chi connectivity index (χ3v) is 14.8. The normalized spacial score (nSPS) is 18.2. The van der Waals surface area contributed by atoms with Crippen molar-refractivity contribution in [2.75, 3.05) is 23.7 Å². The number of aliphatic hydroxyl groups excluding tert-OH is 4. The fourth-order valence-electron chi connectivity index (χ4n) is 11.4. The van der Waals surface area contributed by atoms with Crippen molar-refractivity contribution < 1.29 is 58.6 Å². The number of hydrogen-bond acceptors (Lipinski definition) is 12. The van der Waals surface area contributed by atoms with E-state index in [1.165, 1.54) is 24.3 Å². The second-order valence-electron chi connectivity index (χ2n) is 21.6. The largest absolute Gasteiger partial charge is 2.00 e. The fourth-order valence-corrected chi connectivity index (χ4v) is 11.4. The number of aliphatic carboxylic acids is 2. The van der Waals surface area contributed by atoms with Crippen molar-refractivity contribution in [2.24, 2.45) is 23.7 Å². The molecule has 432 valence electrons. The number of carbonyl (C=O) groups is 4. The van der Waals surface area contributed by atoms with Crippen molar-refractivity contribution >= 4 is 95.4 Å². The number of aliphatic hydroxyl groups is 4. The zero-order valence-corrected chi connectivity index (χ0v) is 49.4. The van der Waals surface area contributed by atoms with Gasteiger partial charge in [-0.25, -0.2) is 8.78 Å². The van der Waals surface area contributed by atoms with Crippen molar-refractivity contribution in [3.05, 3.63) is 204 Å². The molecule has 8 atom stereocenters. The number of anilines is 2. The first-order valence-corrected chi connectivity index (χ1v) is 27.8. The predicted molar refractivity (Wildman–Crippen MR) is 315 cm³/mol. The van der Waals surface area contributed by atoms with E-state index in [9.17, 15) is 58.6 Å². The van der Waals surface area contributed by atoms with Gasteiger partial charge in [0.25, 0.3) is 0 Å². The molecular weight excluding hydrogens is 1090 g/mol. The topological polar surface area (TPSA) is 226 Å². The molecule has 6 N–H and O–H groups in total. The Hall–Kier alpha value is -6.76. The number of amides is 2. The molecule has 8 rings (SSSR count). The van der Waals surface area contributed by atoms with E-state index in [1.54, 1.807) is 24.3 Å². The Bertz CT molecular complexity index is 2910. The first-order valence-electron chi connectivity index (χ1n) is 27.8. The third-order valence-electron chi connectivity index (χ3n) is 14.8. The van der Waals surface area contributed by atoms with Crippen LogP contribution in [0.5, 0.6) is 0 Å². The molecule has 17 heteroatoms. The number of carbonyl (C=O) groups excluding carboxylic acids is 4. The van der Waals surface area contributed by atoms with E-state index in [4.69, 9.17) is 0 Å². The van der Waals surface area contributed by atoms with E-state index in [2.05, 4.69) is 20.4 Å². The minimum atomic E-state index is -1.38. The van der Waals surface area contributed by atoms with E-state index < -0.39 is 61.0 Å². The molecule has 2 aliphatic rings. The van der Waals surface area contributed by atoms with Crippen molar-refractivity contribution in [1.29, 1.82) is 0 Å². The SMILES string of the molecule is CC(C)C1C(C(=O)Nc2ccccc2)C(c2ccccc2)=C(c2ccc(F)cc2)N1CC[C@H](O)C[C@@H](O)CC(=O)[O-].CC(C)C1C(C(=O)Nc2ccccc2)C(c2ccccc2)=C(c2ccc(F)cc2)N1CC[C@H](O)C[C@@H](O)CC(=O)[O-].[Ca+2]. The quantitative estimate of drug-likeness (QED) is 0.0325. The molecule has 4 unspecified atom stereocenters. The van der Waals surface area contributed by atoms with Gasteiger partial charge in [-0.05, 0) is 144 Å². The van der Waals surface area contributed by atoms with Gasteiger partial charge in [-0.15, -0.1) is 0 Å². The van der Waals surface area contributed by atoms with Crippen LogP contribution in [0.1, 0.15) is 88.5 Å². The van der Waals surface area contributed by atoms with Gasteiger partial charge in [-0.2, -0.15) is 0 Å². The van der Waals surface area contributed by atoms with Crippen LogP contribution in [0.4, 0.5) is 20.2 Å². The molecule has 0 spiro atoms. The van der Waals surface area contributed by atoms with E-state index >= 15 is 0 Å². The zero-order valence-electron chi connectivity index (χ0n) is 47.2. The van der Waals surface area contributed by atoms with Gasteiger partial charge in [-0.3, -0.25) is 9.59 Å². The number of carboxylic acid groups (broad SMARTS) is 2. The maximum Gasteiger partial charge on any atom is 2.00 e. The molecule has 2 amide bonds. The summed E-state index contributed by atoms with van der Waals surface area (Å²) >= 11 is 0. The summed E-state index contributed by atoms with van der Waals surface area (Å²) in [6.07, 6.45) is -5.35. The summed E-state index contributed by atoms with van der Waals surface area (Å²) in [6.45, 7) is 8.79. The standard InChI is InChI=1S/2C33H37FN2O5.Ca/c2*1-21(2)31-30(33(41)35-25-11-7-4-8-12-25)29(22-9-5-3-6-10-22)32(23-13-15-24(34)16-14-23)36(31)18-17-26(37)19-27(38)20-28(39)40;/h2*3-16,21,26-27,30-31,37-38H,17-20H2,1-2H3,(H,35,41)(H,39,40);/q;;+2/p-2/t2*26-,27+,30?,31?;/m00./s1. The summed E-state index contributed by atoms with van der Waals surface area (Å²) < 4.78 is 28.0. The summed E-state index contributed by atoms with van der Waals surface area (Å²) in [6, 6.07) is 49.4. The molecule has 0 saturated heterocycles. The number of halogens is 2.